The zero-order valence-corrected chi connectivity index (χ0v) is 15.2. The summed E-state index contributed by atoms with van der Waals surface area (Å²) in [6.07, 6.45) is 0. The van der Waals surface area contributed by atoms with Crippen molar-refractivity contribution in [2.45, 2.75) is 16.7 Å². The summed E-state index contributed by atoms with van der Waals surface area (Å²) < 4.78 is 50.4. The van der Waals surface area contributed by atoms with E-state index in [2.05, 4.69) is 4.72 Å². The van der Waals surface area contributed by atoms with Gasteiger partial charge in [0, 0.05) is 11.8 Å². The molecule has 0 aliphatic carbocycles. The summed E-state index contributed by atoms with van der Waals surface area (Å²) >= 11 is 5.66. The average Bonchev–Trinajstić information content (AvgIpc) is 2.55. The van der Waals surface area contributed by atoms with Gasteiger partial charge in [-0.05, 0) is 36.4 Å². The Hall–Kier alpha value is -2.17. The predicted octanol–water partition coefficient (Wildman–Crippen LogP) is 2.84. The minimum absolute atomic E-state index is 0.0695. The quantitative estimate of drug-likeness (QED) is 0.583. The van der Waals surface area contributed by atoms with Crippen molar-refractivity contribution in [3.63, 3.8) is 0 Å². The second kappa shape index (κ2) is 6.98. The van der Waals surface area contributed by atoms with Crippen LogP contribution in [0.15, 0.2) is 52.3 Å². The van der Waals surface area contributed by atoms with Gasteiger partial charge in [0.25, 0.3) is 15.7 Å². The van der Waals surface area contributed by atoms with E-state index in [0.29, 0.717) is 0 Å². The van der Waals surface area contributed by atoms with Crippen molar-refractivity contribution < 1.29 is 21.8 Å². The van der Waals surface area contributed by atoms with Crippen molar-refractivity contribution in [1.82, 2.24) is 0 Å². The highest BCUT2D eigenvalue weighted by Gasteiger charge is 2.21. The Labute approximate surface area is 149 Å². The molecule has 1 N–H and O–H groups in total. The summed E-state index contributed by atoms with van der Waals surface area (Å²) in [6.45, 7) is 1.50. The van der Waals surface area contributed by atoms with Crippen LogP contribution >= 0.6 is 11.6 Å². The van der Waals surface area contributed by atoms with Gasteiger partial charge in [-0.2, -0.15) is 0 Å². The Kier molecular flexibility index (Phi) is 5.35. The highest BCUT2D eigenvalue weighted by atomic mass is 35.5. The normalized spacial score (nSPS) is 11.9. The summed E-state index contributed by atoms with van der Waals surface area (Å²) in [5.41, 5.74) is -0.415. The Morgan fingerprint density at radius 3 is 2.12 bits per heavy atom. The molecule has 0 heterocycles. The third-order valence-corrected chi connectivity index (χ3v) is 6.72. The molecule has 0 aliphatic rings. The van der Waals surface area contributed by atoms with Crippen LogP contribution in [0.2, 0.25) is 5.02 Å². The smallest absolute Gasteiger partial charge is 0.280 e. The van der Waals surface area contributed by atoms with Crippen LogP contribution in [0, 0.1) is 10.1 Å². The number of hydrogen-bond acceptors (Lipinski definition) is 6. The topological polar surface area (TPSA) is 123 Å². The van der Waals surface area contributed by atoms with Crippen LogP contribution in [-0.4, -0.2) is 27.5 Å². The first-order valence-corrected chi connectivity index (χ1v) is 10.4. The summed E-state index contributed by atoms with van der Waals surface area (Å²) in [4.78, 5) is 9.81. The summed E-state index contributed by atoms with van der Waals surface area (Å²) in [6, 6.07) is 8.25. The molecule has 8 nitrogen and oxygen atoms in total. The molecule has 2 rings (SSSR count). The van der Waals surface area contributed by atoms with Crippen LogP contribution in [-0.2, 0) is 19.9 Å². The fourth-order valence-electron chi connectivity index (χ4n) is 1.91. The number of benzene rings is 2. The largest absolute Gasteiger partial charge is 0.289 e. The van der Waals surface area contributed by atoms with Crippen molar-refractivity contribution >= 4 is 42.8 Å². The van der Waals surface area contributed by atoms with Gasteiger partial charge in [0.15, 0.2) is 9.84 Å². The molecule has 0 saturated carbocycles. The number of hydrogen-bond donors (Lipinski definition) is 1. The zero-order valence-electron chi connectivity index (χ0n) is 12.8. The Morgan fingerprint density at radius 2 is 1.60 bits per heavy atom. The molecule has 0 radical (unpaired) electrons. The second-order valence-electron chi connectivity index (χ2n) is 4.90. The number of rotatable bonds is 6. The van der Waals surface area contributed by atoms with Gasteiger partial charge in [-0.15, -0.1) is 0 Å². The van der Waals surface area contributed by atoms with Crippen LogP contribution in [0.4, 0.5) is 11.4 Å². The fraction of sp³-hybridized carbons (Fsp3) is 0.143. The molecule has 0 fully saturated rings. The lowest BCUT2D eigenvalue weighted by Gasteiger charge is -2.09. The van der Waals surface area contributed by atoms with Crippen LogP contribution in [0.3, 0.4) is 0 Å². The van der Waals surface area contributed by atoms with Crippen LogP contribution in [0.1, 0.15) is 6.92 Å². The molecule has 0 unspecified atom stereocenters. The molecule has 25 heavy (non-hydrogen) atoms. The first kappa shape index (κ1) is 19.2. The van der Waals surface area contributed by atoms with Gasteiger partial charge in [0.05, 0.1) is 20.5 Å². The van der Waals surface area contributed by atoms with Crippen molar-refractivity contribution in [2.24, 2.45) is 0 Å². The number of nitro benzene ring substituents is 1. The number of sulfonamides is 1. The van der Waals surface area contributed by atoms with Gasteiger partial charge in [-0.3, -0.25) is 14.8 Å². The molecule has 11 heteroatoms. The lowest BCUT2D eigenvalue weighted by molar-refractivity contribution is -0.384. The van der Waals surface area contributed by atoms with E-state index in [1.54, 1.807) is 0 Å². The molecule has 134 valence electrons. The highest BCUT2D eigenvalue weighted by molar-refractivity contribution is 7.92. The van der Waals surface area contributed by atoms with E-state index in [0.717, 1.165) is 18.2 Å². The number of halogens is 1. The molecular weight excluding hydrogens is 392 g/mol. The molecule has 0 aromatic heterocycles. The predicted molar refractivity (Wildman–Crippen MR) is 93.1 cm³/mol. The molecule has 0 spiro atoms. The Balaban J connectivity index is 2.33. The van der Waals surface area contributed by atoms with Crippen molar-refractivity contribution in [3.8, 4) is 0 Å². The van der Waals surface area contributed by atoms with Gasteiger partial charge in [-0.25, -0.2) is 16.8 Å². The van der Waals surface area contributed by atoms with Gasteiger partial charge in [0.1, 0.15) is 5.02 Å². The number of nitrogens with zero attached hydrogens (tertiary/aromatic N) is 1. The fourth-order valence-corrected chi connectivity index (χ4v) is 4.06. The van der Waals surface area contributed by atoms with Gasteiger partial charge in [-0.1, -0.05) is 18.5 Å². The highest BCUT2D eigenvalue weighted by Crippen LogP contribution is 2.28. The first-order valence-electron chi connectivity index (χ1n) is 6.86. The van der Waals surface area contributed by atoms with E-state index < -0.39 is 30.5 Å². The maximum Gasteiger partial charge on any atom is 0.289 e. The minimum atomic E-state index is -4.10. The first-order chi connectivity index (χ1) is 11.6. The van der Waals surface area contributed by atoms with E-state index in [-0.39, 0.29) is 26.3 Å². The van der Waals surface area contributed by atoms with Gasteiger partial charge < -0.3 is 0 Å². The molecule has 0 atom stereocenters. The van der Waals surface area contributed by atoms with E-state index >= 15 is 0 Å². The standard InChI is InChI=1S/C14H13ClN2O6S2/c1-2-24(20,21)11-5-3-10(4-6-11)16-25(22,23)12-7-8-13(15)14(9-12)17(18)19/h3-9,16H,2H2,1H3. The molecule has 0 bridgehead atoms. The van der Waals surface area contributed by atoms with E-state index in [1.165, 1.54) is 31.2 Å². The van der Waals surface area contributed by atoms with Crippen LogP contribution in [0.5, 0.6) is 0 Å². The number of sulfone groups is 1. The lowest BCUT2D eigenvalue weighted by Crippen LogP contribution is -2.13. The average molecular weight is 405 g/mol. The Bertz CT molecular complexity index is 1020. The number of nitrogens with one attached hydrogen (secondary N) is 1. The minimum Gasteiger partial charge on any atom is -0.280 e. The monoisotopic (exact) mass is 404 g/mol. The second-order valence-corrected chi connectivity index (χ2v) is 9.27. The molecule has 0 saturated heterocycles. The lowest BCUT2D eigenvalue weighted by atomic mass is 10.3. The van der Waals surface area contributed by atoms with Crippen molar-refractivity contribution in [1.29, 1.82) is 0 Å². The Morgan fingerprint density at radius 1 is 1.04 bits per heavy atom. The van der Waals surface area contributed by atoms with Crippen molar-refractivity contribution in [2.75, 3.05) is 10.5 Å². The SMILES string of the molecule is CCS(=O)(=O)c1ccc(NS(=O)(=O)c2ccc(Cl)c([N+](=O)[O-])c2)cc1. The van der Waals surface area contributed by atoms with Gasteiger partial charge >= 0.3 is 0 Å². The van der Waals surface area contributed by atoms with E-state index in [4.69, 9.17) is 11.6 Å². The summed E-state index contributed by atoms with van der Waals surface area (Å²) in [5, 5.41) is 10.7. The van der Waals surface area contributed by atoms with Crippen LogP contribution < -0.4 is 4.72 Å². The van der Waals surface area contributed by atoms with Crippen LogP contribution in [0.25, 0.3) is 0 Å². The maximum absolute atomic E-state index is 12.3. The maximum atomic E-state index is 12.3. The molecule has 2 aromatic carbocycles. The molecular formula is C14H13ClN2O6S2. The van der Waals surface area contributed by atoms with E-state index in [9.17, 15) is 26.9 Å². The third-order valence-electron chi connectivity index (χ3n) is 3.27. The molecule has 0 aliphatic heterocycles. The summed E-state index contributed by atoms with van der Waals surface area (Å²) in [5.74, 6) is -0.0769. The van der Waals surface area contributed by atoms with Gasteiger partial charge in [0.2, 0.25) is 0 Å². The number of anilines is 1. The molecule has 0 amide bonds. The molecule has 2 aromatic rings. The zero-order chi connectivity index (χ0) is 18.8. The summed E-state index contributed by atoms with van der Waals surface area (Å²) in [7, 11) is -7.50. The van der Waals surface area contributed by atoms with Crippen molar-refractivity contribution in [3.05, 3.63) is 57.6 Å². The third kappa shape index (κ3) is 4.27. The van der Waals surface area contributed by atoms with E-state index in [1.807, 2.05) is 0 Å². The number of nitro groups is 1.